The fourth-order valence-corrected chi connectivity index (χ4v) is 2.95. The second-order valence-electron chi connectivity index (χ2n) is 5.91. The third-order valence-electron chi connectivity index (χ3n) is 4.60. The zero-order chi connectivity index (χ0) is 10.9. The van der Waals surface area contributed by atoms with Crippen LogP contribution < -0.4 is 0 Å². The van der Waals surface area contributed by atoms with Gasteiger partial charge in [0.15, 0.2) is 0 Å². The second kappa shape index (κ2) is 4.15. The zero-order valence-corrected chi connectivity index (χ0v) is 10.5. The fraction of sp³-hybridized carbons (Fsp3) is 0.733. The van der Waals surface area contributed by atoms with E-state index in [-0.39, 0.29) is 0 Å². The van der Waals surface area contributed by atoms with Crippen LogP contribution in [0, 0.1) is 11.3 Å². The van der Waals surface area contributed by atoms with Crippen molar-refractivity contribution < 1.29 is 0 Å². The van der Waals surface area contributed by atoms with Gasteiger partial charge < -0.3 is 0 Å². The van der Waals surface area contributed by atoms with Crippen LogP contribution in [-0.4, -0.2) is 0 Å². The van der Waals surface area contributed by atoms with Crippen LogP contribution in [0.15, 0.2) is 23.3 Å². The van der Waals surface area contributed by atoms with Gasteiger partial charge in [0.25, 0.3) is 0 Å². The van der Waals surface area contributed by atoms with Crippen molar-refractivity contribution in [3.63, 3.8) is 0 Å². The molecule has 0 saturated carbocycles. The van der Waals surface area contributed by atoms with E-state index in [0.29, 0.717) is 5.41 Å². The van der Waals surface area contributed by atoms with Gasteiger partial charge in [-0.1, -0.05) is 38.5 Å². The van der Waals surface area contributed by atoms with E-state index in [2.05, 4.69) is 32.9 Å². The van der Waals surface area contributed by atoms with Gasteiger partial charge in [-0.3, -0.25) is 0 Å². The third kappa shape index (κ3) is 2.19. The minimum Gasteiger partial charge on any atom is -0.0839 e. The van der Waals surface area contributed by atoms with Gasteiger partial charge >= 0.3 is 0 Å². The first-order valence-corrected chi connectivity index (χ1v) is 6.49. The standard InChI is InChI=1S/C15H24/c1-12(2)15(3)10-6-9-13-7-4-5-8-14(13)11-15/h5,8,12H,4,6-7,9-11H2,1-3H3. The molecule has 0 aliphatic heterocycles. The maximum atomic E-state index is 2.48. The highest BCUT2D eigenvalue weighted by molar-refractivity contribution is 5.31. The Hall–Kier alpha value is -0.520. The van der Waals surface area contributed by atoms with Crippen molar-refractivity contribution in [2.75, 3.05) is 0 Å². The molecule has 1 unspecified atom stereocenters. The monoisotopic (exact) mass is 204 g/mol. The molecule has 2 rings (SSSR count). The number of allylic oxidation sites excluding steroid dienone is 4. The van der Waals surface area contributed by atoms with Crippen LogP contribution in [0.5, 0.6) is 0 Å². The van der Waals surface area contributed by atoms with E-state index in [0.717, 1.165) is 5.92 Å². The van der Waals surface area contributed by atoms with Crippen molar-refractivity contribution in [2.45, 2.75) is 59.3 Å². The summed E-state index contributed by atoms with van der Waals surface area (Å²) in [5, 5.41) is 0. The zero-order valence-electron chi connectivity index (χ0n) is 10.5. The summed E-state index contributed by atoms with van der Waals surface area (Å²) < 4.78 is 0. The molecule has 2 aliphatic carbocycles. The van der Waals surface area contributed by atoms with Crippen LogP contribution in [-0.2, 0) is 0 Å². The highest BCUT2D eigenvalue weighted by atomic mass is 14.4. The summed E-state index contributed by atoms with van der Waals surface area (Å²) in [5.74, 6) is 0.805. The first-order valence-electron chi connectivity index (χ1n) is 6.49. The molecule has 0 radical (unpaired) electrons. The summed E-state index contributed by atoms with van der Waals surface area (Å²) in [5.41, 5.74) is 3.98. The highest BCUT2D eigenvalue weighted by Gasteiger charge is 2.31. The van der Waals surface area contributed by atoms with Crippen molar-refractivity contribution in [3.8, 4) is 0 Å². The predicted molar refractivity (Wildman–Crippen MR) is 66.8 cm³/mol. The lowest BCUT2D eigenvalue weighted by atomic mass is 9.72. The Kier molecular flexibility index (Phi) is 3.04. The fourth-order valence-electron chi connectivity index (χ4n) is 2.95. The minimum atomic E-state index is 0.540. The summed E-state index contributed by atoms with van der Waals surface area (Å²) in [6.45, 7) is 7.26. The summed E-state index contributed by atoms with van der Waals surface area (Å²) in [7, 11) is 0. The minimum absolute atomic E-state index is 0.540. The first-order chi connectivity index (χ1) is 7.12. The Balaban J connectivity index is 2.23. The van der Waals surface area contributed by atoms with Crippen LogP contribution in [0.3, 0.4) is 0 Å². The number of hydrogen-bond acceptors (Lipinski definition) is 0. The van der Waals surface area contributed by atoms with E-state index in [1.807, 2.05) is 0 Å². The molecule has 0 nitrogen and oxygen atoms in total. The Morgan fingerprint density at radius 2 is 2.07 bits per heavy atom. The van der Waals surface area contributed by atoms with Crippen molar-refractivity contribution in [2.24, 2.45) is 11.3 Å². The van der Waals surface area contributed by atoms with Crippen molar-refractivity contribution in [1.82, 2.24) is 0 Å². The van der Waals surface area contributed by atoms with Gasteiger partial charge in [0, 0.05) is 0 Å². The average molecular weight is 204 g/mol. The molecule has 1 atom stereocenters. The molecule has 0 fully saturated rings. The Morgan fingerprint density at radius 1 is 1.27 bits per heavy atom. The molecular formula is C15H24. The quantitative estimate of drug-likeness (QED) is 0.571. The van der Waals surface area contributed by atoms with Crippen LogP contribution >= 0.6 is 0 Å². The largest absolute Gasteiger partial charge is 0.0839 e. The second-order valence-corrected chi connectivity index (χ2v) is 5.91. The molecule has 0 heteroatoms. The maximum Gasteiger partial charge on any atom is -0.0223 e. The van der Waals surface area contributed by atoms with E-state index >= 15 is 0 Å². The highest BCUT2D eigenvalue weighted by Crippen LogP contribution is 2.44. The first kappa shape index (κ1) is 11.0. The smallest absolute Gasteiger partial charge is 0.0223 e. The molecule has 0 N–H and O–H groups in total. The molecule has 0 bridgehead atoms. The molecule has 0 amide bonds. The van der Waals surface area contributed by atoms with Crippen molar-refractivity contribution >= 4 is 0 Å². The van der Waals surface area contributed by atoms with E-state index in [4.69, 9.17) is 0 Å². The average Bonchev–Trinajstić information content (AvgIpc) is 2.36. The Labute approximate surface area is 94.5 Å². The van der Waals surface area contributed by atoms with Gasteiger partial charge in [-0.25, -0.2) is 0 Å². The van der Waals surface area contributed by atoms with Crippen molar-refractivity contribution in [1.29, 1.82) is 0 Å². The molecule has 84 valence electrons. The molecular weight excluding hydrogens is 180 g/mol. The van der Waals surface area contributed by atoms with Crippen molar-refractivity contribution in [3.05, 3.63) is 23.3 Å². The van der Waals surface area contributed by atoms with Gasteiger partial charge in [0.1, 0.15) is 0 Å². The van der Waals surface area contributed by atoms with Gasteiger partial charge in [0.2, 0.25) is 0 Å². The lowest BCUT2D eigenvalue weighted by Crippen LogP contribution is -2.23. The Bertz CT molecular complexity index is 293. The topological polar surface area (TPSA) is 0 Å². The van der Waals surface area contributed by atoms with E-state index in [1.165, 1.54) is 38.5 Å². The predicted octanol–water partition coefficient (Wildman–Crippen LogP) is 4.87. The van der Waals surface area contributed by atoms with E-state index < -0.39 is 0 Å². The SMILES string of the molecule is CC(C)C1(C)CCCC2=C(C=CCC2)C1. The molecule has 15 heavy (non-hydrogen) atoms. The normalized spacial score (nSPS) is 31.7. The number of rotatable bonds is 1. The number of hydrogen-bond donors (Lipinski definition) is 0. The lowest BCUT2D eigenvalue weighted by Gasteiger charge is -2.33. The summed E-state index contributed by atoms with van der Waals surface area (Å²) in [6, 6.07) is 0. The van der Waals surface area contributed by atoms with Crippen LogP contribution in [0.2, 0.25) is 0 Å². The van der Waals surface area contributed by atoms with Gasteiger partial charge in [-0.05, 0) is 55.4 Å². The van der Waals surface area contributed by atoms with Crippen LogP contribution in [0.4, 0.5) is 0 Å². The summed E-state index contributed by atoms with van der Waals surface area (Å²) >= 11 is 0. The molecule has 0 aromatic heterocycles. The summed E-state index contributed by atoms with van der Waals surface area (Å²) in [6.07, 6.45) is 12.9. The third-order valence-corrected chi connectivity index (χ3v) is 4.60. The van der Waals surface area contributed by atoms with Gasteiger partial charge in [-0.2, -0.15) is 0 Å². The molecule has 0 aromatic rings. The van der Waals surface area contributed by atoms with Crippen LogP contribution in [0.1, 0.15) is 59.3 Å². The maximum absolute atomic E-state index is 2.48. The van der Waals surface area contributed by atoms with Gasteiger partial charge in [0.05, 0.1) is 0 Å². The molecule has 2 aliphatic rings. The van der Waals surface area contributed by atoms with E-state index in [9.17, 15) is 0 Å². The Morgan fingerprint density at radius 3 is 2.80 bits per heavy atom. The molecule has 0 saturated heterocycles. The van der Waals surface area contributed by atoms with Gasteiger partial charge in [-0.15, -0.1) is 0 Å². The van der Waals surface area contributed by atoms with E-state index in [1.54, 1.807) is 11.1 Å². The molecule has 0 aromatic carbocycles. The van der Waals surface area contributed by atoms with Crippen LogP contribution in [0.25, 0.3) is 0 Å². The summed E-state index contributed by atoms with van der Waals surface area (Å²) in [4.78, 5) is 0. The lowest BCUT2D eigenvalue weighted by molar-refractivity contribution is 0.198. The molecule has 0 spiro atoms. The molecule has 0 heterocycles.